The maximum absolute atomic E-state index is 15.2. The molecule has 0 saturated heterocycles. The Hall–Kier alpha value is -4.26. The number of carbonyl (C=O) groups excluding carboxylic acids is 1. The molecular weight excluding hydrogens is 585 g/mol. The van der Waals surface area contributed by atoms with Crippen LogP contribution in [0.4, 0.5) is 4.39 Å². The molecule has 0 aliphatic heterocycles. The number of aryl methyl sites for hydroxylation is 1. The first-order chi connectivity index (χ1) is 21.0. The molecule has 2 heterocycles. The van der Waals surface area contributed by atoms with Crippen LogP contribution in [0.5, 0.6) is 0 Å². The van der Waals surface area contributed by atoms with Crippen molar-refractivity contribution >= 4 is 34.5 Å². The number of H-pyrrole nitrogens is 1. The lowest BCUT2D eigenvalue weighted by Crippen LogP contribution is -2.24. The molecule has 0 spiro atoms. The fourth-order valence-electron chi connectivity index (χ4n) is 4.93. The molecule has 0 radical (unpaired) electrons. The Morgan fingerprint density at radius 3 is 2.70 bits per heavy atom. The highest BCUT2D eigenvalue weighted by molar-refractivity contribution is 6.31. The predicted octanol–water partition coefficient (Wildman–Crippen LogP) is 2.88. The second-order valence-corrected chi connectivity index (χ2v) is 11.2. The van der Waals surface area contributed by atoms with E-state index in [1.807, 2.05) is 13.0 Å². The third-order valence-corrected chi connectivity index (χ3v) is 7.51. The van der Waals surface area contributed by atoms with Gasteiger partial charge in [0.05, 0.1) is 22.8 Å². The van der Waals surface area contributed by atoms with E-state index >= 15 is 4.39 Å². The summed E-state index contributed by atoms with van der Waals surface area (Å²) in [4.78, 5) is 36.7. The summed E-state index contributed by atoms with van der Waals surface area (Å²) in [7, 11) is 1.58. The predicted molar refractivity (Wildman–Crippen MR) is 173 cm³/mol. The number of rotatable bonds is 14. The minimum Gasteiger partial charge on any atom is -0.370 e. The van der Waals surface area contributed by atoms with Crippen LogP contribution in [-0.4, -0.2) is 52.6 Å². The summed E-state index contributed by atoms with van der Waals surface area (Å²) in [5, 5.41) is 6.62. The quantitative estimate of drug-likeness (QED) is 0.0709. The van der Waals surface area contributed by atoms with Gasteiger partial charge in [0.2, 0.25) is 5.91 Å². The highest BCUT2D eigenvalue weighted by Crippen LogP contribution is 2.31. The summed E-state index contributed by atoms with van der Waals surface area (Å²) in [6.07, 6.45) is 4.93. The molecule has 44 heavy (non-hydrogen) atoms. The van der Waals surface area contributed by atoms with Crippen molar-refractivity contribution in [3.05, 3.63) is 80.6 Å². The molecule has 4 rings (SSSR count). The molecule has 13 heteroatoms. The first-order valence-corrected chi connectivity index (χ1v) is 14.9. The summed E-state index contributed by atoms with van der Waals surface area (Å²) in [5.41, 5.74) is 20.3. The van der Waals surface area contributed by atoms with Crippen LogP contribution in [0.15, 0.2) is 52.4 Å². The van der Waals surface area contributed by atoms with Crippen molar-refractivity contribution in [2.45, 2.75) is 51.6 Å². The van der Waals surface area contributed by atoms with Crippen LogP contribution in [0.2, 0.25) is 5.02 Å². The van der Waals surface area contributed by atoms with Gasteiger partial charge in [-0.15, -0.1) is 0 Å². The highest BCUT2D eigenvalue weighted by Gasteiger charge is 2.16. The lowest BCUT2D eigenvalue weighted by Gasteiger charge is -2.13. The molecule has 0 fully saturated rings. The Morgan fingerprint density at radius 2 is 1.98 bits per heavy atom. The zero-order valence-electron chi connectivity index (χ0n) is 24.9. The summed E-state index contributed by atoms with van der Waals surface area (Å²) in [5.74, 6) is -0.654. The number of aromatic amines is 1. The molecule has 2 aromatic heterocycles. The van der Waals surface area contributed by atoms with Crippen molar-refractivity contribution in [2.24, 2.45) is 22.2 Å². The smallest absolute Gasteiger partial charge is 0.354 e. The zero-order chi connectivity index (χ0) is 31.8. The fourth-order valence-corrected chi connectivity index (χ4v) is 5.18. The molecule has 1 unspecified atom stereocenters. The molecule has 0 aliphatic rings. The van der Waals surface area contributed by atoms with Gasteiger partial charge >= 0.3 is 5.69 Å². The highest BCUT2D eigenvalue weighted by atomic mass is 35.5. The number of likely N-dealkylation sites (N-methyl/N-ethyl adjacent to an activating group) is 1. The number of halogens is 2. The van der Waals surface area contributed by atoms with Crippen molar-refractivity contribution < 1.29 is 9.18 Å². The Balaban J connectivity index is 1.62. The van der Waals surface area contributed by atoms with Crippen LogP contribution < -0.4 is 33.5 Å². The van der Waals surface area contributed by atoms with Crippen molar-refractivity contribution in [2.75, 3.05) is 20.1 Å². The fraction of sp³-hybridized carbons (Fsp3) is 0.355. The molecule has 234 valence electrons. The van der Waals surface area contributed by atoms with Crippen LogP contribution in [0.1, 0.15) is 42.9 Å². The van der Waals surface area contributed by atoms with E-state index in [1.54, 1.807) is 43.6 Å². The van der Waals surface area contributed by atoms with Crippen LogP contribution in [0.25, 0.3) is 28.0 Å². The van der Waals surface area contributed by atoms with E-state index in [-0.39, 0.29) is 29.4 Å². The third kappa shape index (κ3) is 8.43. The van der Waals surface area contributed by atoms with Gasteiger partial charge in [0.1, 0.15) is 5.65 Å². The van der Waals surface area contributed by atoms with Crippen LogP contribution >= 0.6 is 11.6 Å². The molecule has 0 saturated carbocycles. The van der Waals surface area contributed by atoms with E-state index in [9.17, 15) is 9.59 Å². The van der Waals surface area contributed by atoms with Gasteiger partial charge in [0.15, 0.2) is 11.8 Å². The van der Waals surface area contributed by atoms with E-state index in [4.69, 9.17) is 28.8 Å². The molecule has 9 N–H and O–H groups in total. The lowest BCUT2D eigenvalue weighted by molar-refractivity contribution is -0.119. The van der Waals surface area contributed by atoms with Gasteiger partial charge in [-0.25, -0.2) is 9.18 Å². The number of nitrogens with two attached hydrogens (primary N) is 3. The maximum atomic E-state index is 15.2. The van der Waals surface area contributed by atoms with Gasteiger partial charge < -0.3 is 32.8 Å². The van der Waals surface area contributed by atoms with Crippen LogP contribution in [0.3, 0.4) is 0 Å². The van der Waals surface area contributed by atoms with Crippen molar-refractivity contribution in [1.29, 1.82) is 0 Å². The van der Waals surface area contributed by atoms with Crippen LogP contribution in [0, 0.1) is 5.82 Å². The van der Waals surface area contributed by atoms with E-state index in [2.05, 4.69) is 25.6 Å². The average Bonchev–Trinajstić information content (AvgIpc) is 3.38. The largest absolute Gasteiger partial charge is 0.370 e. The average molecular weight is 624 g/mol. The molecular formula is C31H39ClFN9O2. The molecule has 2 aromatic carbocycles. The number of nitrogens with one attached hydrogen (secondary N) is 3. The van der Waals surface area contributed by atoms with E-state index < -0.39 is 11.5 Å². The maximum Gasteiger partial charge on any atom is 0.354 e. The first kappa shape index (κ1) is 32.6. The number of carbonyl (C=O) groups is 1. The molecule has 0 bridgehead atoms. The standard InChI is InChI=1S/C31H39ClFN9O2/c1-18(34)5-3-6-19-11-24(28(33)25(32)12-19)26-14-22-17-42(31(44)41-29(22)40-26)23-8-7-20(21(13-23)15-27(43)37-2)16-38-9-4-10-39-30(35)36/h7-8,11-14,17-18,38H,3-6,9-10,15-16,34H2,1-2H3,(H,37,43)(H4,35,36,39)(H,40,41,44). The summed E-state index contributed by atoms with van der Waals surface area (Å²) in [6.45, 7) is 3.65. The second kappa shape index (κ2) is 15.0. The van der Waals surface area contributed by atoms with Gasteiger partial charge in [-0.2, -0.15) is 4.98 Å². The Labute approximate surface area is 260 Å². The Kier molecular flexibility index (Phi) is 11.1. The van der Waals surface area contributed by atoms with Gasteiger partial charge in [-0.1, -0.05) is 17.7 Å². The number of guanidine groups is 1. The van der Waals surface area contributed by atoms with Gasteiger partial charge in [-0.05, 0) is 86.2 Å². The van der Waals surface area contributed by atoms with Gasteiger partial charge in [0.25, 0.3) is 0 Å². The summed E-state index contributed by atoms with van der Waals surface area (Å²) < 4.78 is 16.6. The number of aliphatic imine (C=N–C) groups is 1. The number of fused-ring (bicyclic) bond motifs is 1. The topological polar surface area (TPSA) is 182 Å². The molecule has 0 aliphatic carbocycles. The van der Waals surface area contributed by atoms with Crippen molar-refractivity contribution in [1.82, 2.24) is 25.2 Å². The summed E-state index contributed by atoms with van der Waals surface area (Å²) in [6, 6.07) is 10.7. The van der Waals surface area contributed by atoms with Gasteiger partial charge in [0, 0.05) is 43.3 Å². The third-order valence-electron chi connectivity index (χ3n) is 7.23. The van der Waals surface area contributed by atoms with E-state index in [0.29, 0.717) is 54.0 Å². The number of aromatic nitrogens is 3. The molecule has 1 amide bonds. The Morgan fingerprint density at radius 1 is 1.18 bits per heavy atom. The second-order valence-electron chi connectivity index (χ2n) is 10.8. The number of amides is 1. The number of benzene rings is 2. The monoisotopic (exact) mass is 623 g/mol. The number of hydrogen-bond acceptors (Lipinski definition) is 6. The lowest BCUT2D eigenvalue weighted by atomic mass is 10.0. The number of hydrogen-bond donors (Lipinski definition) is 6. The van der Waals surface area contributed by atoms with Crippen molar-refractivity contribution in [3.63, 3.8) is 0 Å². The normalized spacial score (nSPS) is 11.9. The van der Waals surface area contributed by atoms with E-state index in [0.717, 1.165) is 36.0 Å². The minimum atomic E-state index is -0.552. The Bertz CT molecular complexity index is 1710. The van der Waals surface area contributed by atoms with Crippen molar-refractivity contribution in [3.8, 4) is 16.9 Å². The molecule has 4 aromatic rings. The number of nitrogens with zero attached hydrogens (tertiary/aromatic N) is 3. The van der Waals surface area contributed by atoms with Gasteiger partial charge in [-0.3, -0.25) is 14.4 Å². The molecule has 11 nitrogen and oxygen atoms in total. The minimum absolute atomic E-state index is 0.0245. The van der Waals surface area contributed by atoms with E-state index in [1.165, 1.54) is 4.57 Å². The SMILES string of the molecule is CNC(=O)Cc1cc(-n2cc3cc(-c4cc(CCCC(C)N)cc(Cl)c4F)[nH]c3nc2=O)ccc1CNCCCN=C(N)N. The first-order valence-electron chi connectivity index (χ1n) is 14.5. The summed E-state index contributed by atoms with van der Waals surface area (Å²) >= 11 is 6.25. The van der Waals surface area contributed by atoms with Crippen LogP contribution in [-0.2, 0) is 24.2 Å². The zero-order valence-corrected chi connectivity index (χ0v) is 25.7. The molecule has 1 atom stereocenters.